The lowest BCUT2D eigenvalue weighted by molar-refractivity contribution is -0.149. The number of rotatable bonds is 9. The number of anilines is 1. The summed E-state index contributed by atoms with van der Waals surface area (Å²) >= 11 is 1.45. The maximum absolute atomic E-state index is 12.9. The van der Waals surface area contributed by atoms with Crippen molar-refractivity contribution in [2.75, 3.05) is 58.0 Å². The highest BCUT2D eigenvalue weighted by Crippen LogP contribution is 2.26. The lowest BCUT2D eigenvalue weighted by atomic mass is 9.97. The Hall–Kier alpha value is -2.63. The van der Waals surface area contributed by atoms with Crippen LogP contribution in [0, 0.1) is 5.92 Å². The highest BCUT2D eigenvalue weighted by Gasteiger charge is 2.29. The van der Waals surface area contributed by atoms with Gasteiger partial charge in [0.1, 0.15) is 11.6 Å². The van der Waals surface area contributed by atoms with Gasteiger partial charge in [-0.2, -0.15) is 0 Å². The standard InChI is InChI=1S/C24H32N4O6S/c1-3-33-23(30)17-6-8-28(9-7-17)22(29)20-5-4-19(34-20)16-35-24-25-18(15-31-2)14-21(26-24)27-10-12-32-13-11-27/h4-5,14,17H,3,6-13,15-16H2,1-2H3. The van der Waals surface area contributed by atoms with Crippen molar-refractivity contribution in [3.63, 3.8) is 0 Å². The maximum Gasteiger partial charge on any atom is 0.309 e. The number of thioether (sulfide) groups is 1. The SMILES string of the molecule is CCOC(=O)C1CCN(C(=O)c2ccc(CSc3nc(COC)cc(N4CCOCC4)n3)o2)CC1. The number of furan rings is 1. The average molecular weight is 505 g/mol. The molecular formula is C24H32N4O6S. The molecule has 0 N–H and O–H groups in total. The van der Waals surface area contributed by atoms with Crippen LogP contribution in [-0.4, -0.2) is 79.9 Å². The molecule has 0 aromatic carbocycles. The molecule has 2 aliphatic heterocycles. The first kappa shape index (κ1) is 25.5. The molecule has 0 unspecified atom stereocenters. The van der Waals surface area contributed by atoms with Gasteiger partial charge in [0.15, 0.2) is 10.9 Å². The fourth-order valence-corrected chi connectivity index (χ4v) is 4.91. The van der Waals surface area contributed by atoms with E-state index in [9.17, 15) is 9.59 Å². The minimum Gasteiger partial charge on any atom is -0.466 e. The van der Waals surface area contributed by atoms with Gasteiger partial charge in [-0.25, -0.2) is 9.97 Å². The number of hydrogen-bond acceptors (Lipinski definition) is 10. The lowest BCUT2D eigenvalue weighted by Gasteiger charge is -2.30. The number of carbonyl (C=O) groups is 2. The number of amides is 1. The molecule has 4 rings (SSSR count). The van der Waals surface area contributed by atoms with E-state index < -0.39 is 0 Å². The van der Waals surface area contributed by atoms with Crippen molar-refractivity contribution in [3.05, 3.63) is 35.4 Å². The molecule has 2 aromatic rings. The second-order valence-corrected chi connectivity index (χ2v) is 9.35. The molecule has 2 aromatic heterocycles. The zero-order valence-corrected chi connectivity index (χ0v) is 21.1. The summed E-state index contributed by atoms with van der Waals surface area (Å²) in [6, 6.07) is 5.47. The third-order valence-electron chi connectivity index (χ3n) is 5.99. The van der Waals surface area contributed by atoms with Crippen LogP contribution >= 0.6 is 11.8 Å². The monoisotopic (exact) mass is 504 g/mol. The largest absolute Gasteiger partial charge is 0.466 e. The van der Waals surface area contributed by atoms with Crippen molar-refractivity contribution in [2.45, 2.75) is 37.3 Å². The second-order valence-electron chi connectivity index (χ2n) is 8.41. The minimum absolute atomic E-state index is 0.140. The van der Waals surface area contributed by atoms with Crippen LogP contribution in [0.2, 0.25) is 0 Å². The van der Waals surface area contributed by atoms with Crippen LogP contribution in [0.5, 0.6) is 0 Å². The number of nitrogens with zero attached hydrogens (tertiary/aromatic N) is 4. The van der Waals surface area contributed by atoms with Crippen molar-refractivity contribution in [2.24, 2.45) is 5.92 Å². The average Bonchev–Trinajstić information content (AvgIpc) is 3.37. The molecule has 35 heavy (non-hydrogen) atoms. The van der Waals surface area contributed by atoms with Gasteiger partial charge in [0.2, 0.25) is 0 Å². The van der Waals surface area contributed by atoms with Gasteiger partial charge in [0, 0.05) is 39.4 Å². The molecule has 11 heteroatoms. The molecule has 2 saturated heterocycles. The first-order chi connectivity index (χ1) is 17.1. The van der Waals surface area contributed by atoms with Crippen molar-refractivity contribution in [1.29, 1.82) is 0 Å². The van der Waals surface area contributed by atoms with E-state index in [1.807, 2.05) is 12.1 Å². The van der Waals surface area contributed by atoms with E-state index >= 15 is 0 Å². The Bertz CT molecular complexity index is 1000. The summed E-state index contributed by atoms with van der Waals surface area (Å²) in [5, 5.41) is 0.631. The Morgan fingerprint density at radius 1 is 1.14 bits per heavy atom. The van der Waals surface area contributed by atoms with E-state index in [4.69, 9.17) is 23.6 Å². The molecule has 190 valence electrons. The number of ether oxygens (including phenoxy) is 3. The highest BCUT2D eigenvalue weighted by molar-refractivity contribution is 7.98. The van der Waals surface area contributed by atoms with Gasteiger partial charge in [-0.15, -0.1) is 0 Å². The van der Waals surface area contributed by atoms with E-state index in [0.29, 0.717) is 74.8 Å². The first-order valence-electron chi connectivity index (χ1n) is 11.9. The molecule has 0 bridgehead atoms. The predicted molar refractivity (Wildman–Crippen MR) is 129 cm³/mol. The molecule has 0 saturated carbocycles. The number of likely N-dealkylation sites (tertiary alicyclic amines) is 1. The molecule has 0 atom stereocenters. The van der Waals surface area contributed by atoms with E-state index in [1.54, 1.807) is 25.0 Å². The van der Waals surface area contributed by atoms with E-state index in [-0.39, 0.29) is 17.8 Å². The molecule has 4 heterocycles. The summed E-state index contributed by atoms with van der Waals surface area (Å²) in [6.45, 7) is 6.53. The molecule has 10 nitrogen and oxygen atoms in total. The van der Waals surface area contributed by atoms with Crippen LogP contribution in [0.3, 0.4) is 0 Å². The Labute approximate surface area is 209 Å². The summed E-state index contributed by atoms with van der Waals surface area (Å²) in [4.78, 5) is 38.0. The number of piperidine rings is 1. The van der Waals surface area contributed by atoms with Crippen molar-refractivity contribution in [1.82, 2.24) is 14.9 Å². The van der Waals surface area contributed by atoms with Gasteiger partial charge in [-0.1, -0.05) is 11.8 Å². The van der Waals surface area contributed by atoms with Crippen LogP contribution in [0.25, 0.3) is 0 Å². The van der Waals surface area contributed by atoms with Crippen LogP contribution in [0.15, 0.2) is 27.8 Å². The third-order valence-corrected chi connectivity index (χ3v) is 6.86. The van der Waals surface area contributed by atoms with Crippen molar-refractivity contribution < 1.29 is 28.2 Å². The highest BCUT2D eigenvalue weighted by atomic mass is 32.2. The quantitative estimate of drug-likeness (QED) is 0.287. The fourth-order valence-electron chi connectivity index (χ4n) is 4.14. The zero-order valence-electron chi connectivity index (χ0n) is 20.2. The summed E-state index contributed by atoms with van der Waals surface area (Å²) in [5.74, 6) is 1.86. The molecule has 0 spiro atoms. The zero-order chi connectivity index (χ0) is 24.6. The third kappa shape index (κ3) is 6.74. The van der Waals surface area contributed by atoms with Crippen LogP contribution in [0.1, 0.15) is 41.8 Å². The maximum atomic E-state index is 12.9. The number of carbonyl (C=O) groups excluding carboxylic acids is 2. The van der Waals surface area contributed by atoms with E-state index in [0.717, 1.165) is 24.6 Å². The number of aromatic nitrogens is 2. The molecule has 1 amide bonds. The number of methoxy groups -OCH3 is 1. The molecule has 0 radical (unpaired) electrons. The van der Waals surface area contributed by atoms with Crippen molar-refractivity contribution in [3.8, 4) is 0 Å². The molecule has 0 aliphatic carbocycles. The van der Waals surface area contributed by atoms with Crippen molar-refractivity contribution >= 4 is 29.5 Å². The van der Waals surface area contributed by atoms with E-state index in [2.05, 4.69) is 9.88 Å². The van der Waals surface area contributed by atoms with Gasteiger partial charge in [-0.3, -0.25) is 9.59 Å². The Morgan fingerprint density at radius 2 is 1.91 bits per heavy atom. The number of hydrogen-bond donors (Lipinski definition) is 0. The van der Waals surface area contributed by atoms with Gasteiger partial charge >= 0.3 is 5.97 Å². The molecule has 2 fully saturated rings. The van der Waals surface area contributed by atoms with Crippen LogP contribution < -0.4 is 4.90 Å². The van der Waals surface area contributed by atoms with Gasteiger partial charge in [-0.05, 0) is 31.9 Å². The fraction of sp³-hybridized carbons (Fsp3) is 0.583. The Kier molecular flexibility index (Phi) is 9.00. The normalized spacial score (nSPS) is 17.0. The topological polar surface area (TPSA) is 107 Å². The summed E-state index contributed by atoms with van der Waals surface area (Å²) in [5.41, 5.74) is 0.813. The number of morpholine rings is 1. The predicted octanol–water partition coefficient (Wildman–Crippen LogP) is 2.76. The van der Waals surface area contributed by atoms with Crippen LogP contribution in [-0.2, 0) is 31.4 Å². The smallest absolute Gasteiger partial charge is 0.309 e. The second kappa shape index (κ2) is 12.4. The lowest BCUT2D eigenvalue weighted by Crippen LogP contribution is -2.40. The Balaban J connectivity index is 1.35. The first-order valence-corrected chi connectivity index (χ1v) is 12.9. The molecule has 2 aliphatic rings. The van der Waals surface area contributed by atoms with Crippen LogP contribution in [0.4, 0.5) is 5.82 Å². The molecular weight excluding hydrogens is 472 g/mol. The number of esters is 1. The van der Waals surface area contributed by atoms with E-state index in [1.165, 1.54) is 11.8 Å². The minimum atomic E-state index is -0.175. The Morgan fingerprint density at radius 3 is 2.63 bits per heavy atom. The van der Waals surface area contributed by atoms with Gasteiger partial charge in [0.25, 0.3) is 5.91 Å². The van der Waals surface area contributed by atoms with Gasteiger partial charge in [0.05, 0.1) is 43.8 Å². The summed E-state index contributed by atoms with van der Waals surface area (Å²) in [6.07, 6.45) is 1.21. The van der Waals surface area contributed by atoms with Gasteiger partial charge < -0.3 is 28.4 Å². The summed E-state index contributed by atoms with van der Waals surface area (Å²) in [7, 11) is 1.64. The summed E-state index contributed by atoms with van der Waals surface area (Å²) < 4.78 is 21.7.